The van der Waals surface area contributed by atoms with Gasteiger partial charge >= 0.3 is 5.97 Å². The zero-order chi connectivity index (χ0) is 21.9. The van der Waals surface area contributed by atoms with Crippen LogP contribution in [-0.2, 0) is 4.79 Å². The van der Waals surface area contributed by atoms with Crippen molar-refractivity contribution in [1.82, 2.24) is 0 Å². The lowest BCUT2D eigenvalue weighted by atomic mass is 9.89. The minimum Gasteiger partial charge on any atom is -0.507 e. The van der Waals surface area contributed by atoms with Crippen molar-refractivity contribution in [2.45, 2.75) is 12.3 Å². The van der Waals surface area contributed by atoms with Gasteiger partial charge in [-0.15, -0.1) is 11.3 Å². The van der Waals surface area contributed by atoms with E-state index < -0.39 is 34.6 Å². The molecule has 0 bridgehead atoms. The van der Waals surface area contributed by atoms with Crippen LogP contribution in [0.3, 0.4) is 0 Å². The van der Waals surface area contributed by atoms with E-state index in [-0.39, 0.29) is 40.2 Å². The number of fused-ring (bicyclic) bond motifs is 3. The lowest BCUT2D eigenvalue weighted by Crippen LogP contribution is -2.21. The summed E-state index contributed by atoms with van der Waals surface area (Å²) in [5.41, 5.74) is -0.391. The minimum absolute atomic E-state index is 0.00725. The number of aromatic hydroxyl groups is 4. The van der Waals surface area contributed by atoms with Crippen molar-refractivity contribution in [2.24, 2.45) is 0 Å². The number of thiophene rings is 1. The van der Waals surface area contributed by atoms with E-state index >= 15 is 0 Å². The van der Waals surface area contributed by atoms with Crippen LogP contribution in [0.15, 0.2) is 51.0 Å². The Labute approximate surface area is 177 Å². The van der Waals surface area contributed by atoms with Gasteiger partial charge in [-0.25, -0.2) is 0 Å². The van der Waals surface area contributed by atoms with Crippen LogP contribution in [0.25, 0.3) is 22.3 Å². The number of ether oxygens (including phenoxy) is 1. The minimum atomic E-state index is -0.883. The van der Waals surface area contributed by atoms with Crippen molar-refractivity contribution in [3.63, 3.8) is 0 Å². The van der Waals surface area contributed by atoms with E-state index in [1.54, 1.807) is 0 Å². The molecule has 2 aromatic carbocycles. The first-order valence-electron chi connectivity index (χ1n) is 9.17. The first-order chi connectivity index (χ1) is 14.8. The van der Waals surface area contributed by atoms with E-state index in [0.29, 0.717) is 5.56 Å². The van der Waals surface area contributed by atoms with E-state index in [1.165, 1.54) is 23.5 Å². The zero-order valence-corrected chi connectivity index (χ0v) is 16.5. The largest absolute Gasteiger partial charge is 0.507 e. The van der Waals surface area contributed by atoms with Gasteiger partial charge in [0, 0.05) is 28.0 Å². The van der Waals surface area contributed by atoms with Gasteiger partial charge in [0.05, 0.1) is 6.42 Å². The fourth-order valence-corrected chi connectivity index (χ4v) is 4.61. The van der Waals surface area contributed by atoms with Crippen molar-refractivity contribution in [2.75, 3.05) is 0 Å². The third-order valence-electron chi connectivity index (χ3n) is 5.19. The Hall–Kier alpha value is -3.98. The summed E-state index contributed by atoms with van der Waals surface area (Å²) >= 11 is 1.42. The summed E-state index contributed by atoms with van der Waals surface area (Å²) < 4.78 is 11.2. The molecule has 9 heteroatoms. The van der Waals surface area contributed by atoms with Crippen molar-refractivity contribution < 1.29 is 34.4 Å². The molecule has 31 heavy (non-hydrogen) atoms. The second-order valence-corrected chi connectivity index (χ2v) is 8.05. The maximum Gasteiger partial charge on any atom is 0.312 e. The predicted octanol–water partition coefficient (Wildman–Crippen LogP) is 3.78. The topological polar surface area (TPSA) is 137 Å². The molecule has 0 aliphatic carbocycles. The third kappa shape index (κ3) is 2.89. The molecular weight excluding hydrogens is 424 g/mol. The van der Waals surface area contributed by atoms with Gasteiger partial charge in [0.2, 0.25) is 11.2 Å². The van der Waals surface area contributed by atoms with Crippen molar-refractivity contribution >= 4 is 28.3 Å². The quantitative estimate of drug-likeness (QED) is 0.211. The Morgan fingerprint density at radius 2 is 1.77 bits per heavy atom. The molecule has 8 nitrogen and oxygen atoms in total. The molecule has 2 aromatic heterocycles. The number of carbonyl (C=O) groups is 1. The maximum absolute atomic E-state index is 13.0. The SMILES string of the molecule is O=C1C[C@H](c2cccs2)c2c(cc(O)c3c(=O)c(O)c(-c4ccc(O)c(O)c4)oc23)O1. The number of hydrogen-bond donors (Lipinski definition) is 4. The maximum atomic E-state index is 13.0. The first kappa shape index (κ1) is 19.0. The number of phenols is 3. The Kier molecular flexibility index (Phi) is 4.16. The van der Waals surface area contributed by atoms with Crippen LogP contribution in [0.2, 0.25) is 0 Å². The van der Waals surface area contributed by atoms with Crippen LogP contribution < -0.4 is 10.2 Å². The standard InChI is InChI=1S/C22H14O8S/c23-11-4-3-9(6-12(11)24)21-20(28)19(27)18-13(25)8-14-17(22(18)30-21)10(7-16(26)29-14)15-2-1-5-31-15/h1-6,8,10,23-25,28H,7H2/t10-/m1/s1. The smallest absolute Gasteiger partial charge is 0.312 e. The van der Waals surface area contributed by atoms with Crippen molar-refractivity contribution in [3.8, 4) is 40.1 Å². The molecule has 1 aliphatic rings. The second kappa shape index (κ2) is 6.78. The predicted molar refractivity (Wildman–Crippen MR) is 111 cm³/mol. The molecule has 1 aliphatic heterocycles. The highest BCUT2D eigenvalue weighted by Crippen LogP contribution is 2.48. The Balaban J connectivity index is 1.87. The lowest BCUT2D eigenvalue weighted by molar-refractivity contribution is -0.135. The van der Waals surface area contributed by atoms with E-state index in [9.17, 15) is 30.0 Å². The summed E-state index contributed by atoms with van der Waals surface area (Å²) in [5, 5.41) is 41.9. The van der Waals surface area contributed by atoms with Crippen LogP contribution in [0, 0.1) is 0 Å². The van der Waals surface area contributed by atoms with Gasteiger partial charge in [0.15, 0.2) is 17.3 Å². The monoisotopic (exact) mass is 438 g/mol. The molecule has 3 heterocycles. The van der Waals surface area contributed by atoms with Gasteiger partial charge < -0.3 is 29.6 Å². The summed E-state index contributed by atoms with van der Waals surface area (Å²) in [4.78, 5) is 26.0. The zero-order valence-electron chi connectivity index (χ0n) is 15.7. The molecule has 0 unspecified atom stereocenters. The second-order valence-electron chi connectivity index (χ2n) is 7.07. The number of carbonyl (C=O) groups excluding carboxylic acids is 1. The summed E-state index contributed by atoms with van der Waals surface area (Å²) in [5.74, 6) is -3.29. The van der Waals surface area contributed by atoms with Crippen LogP contribution in [0.1, 0.15) is 22.8 Å². The molecule has 4 aromatic rings. The van der Waals surface area contributed by atoms with Gasteiger partial charge in [0.25, 0.3) is 0 Å². The average molecular weight is 438 g/mol. The molecular formula is C22H14O8S. The highest BCUT2D eigenvalue weighted by Gasteiger charge is 2.35. The lowest BCUT2D eigenvalue weighted by Gasteiger charge is -2.25. The van der Waals surface area contributed by atoms with Crippen LogP contribution >= 0.6 is 11.3 Å². The molecule has 5 rings (SSSR count). The fourth-order valence-electron chi connectivity index (χ4n) is 3.77. The van der Waals surface area contributed by atoms with Crippen LogP contribution in [0.5, 0.6) is 28.7 Å². The van der Waals surface area contributed by atoms with E-state index in [1.807, 2.05) is 17.5 Å². The van der Waals surface area contributed by atoms with Gasteiger partial charge in [-0.3, -0.25) is 9.59 Å². The molecule has 0 radical (unpaired) electrons. The van der Waals surface area contributed by atoms with Crippen LogP contribution in [-0.4, -0.2) is 26.4 Å². The summed E-state index contributed by atoms with van der Waals surface area (Å²) in [7, 11) is 0. The summed E-state index contributed by atoms with van der Waals surface area (Å²) in [6.45, 7) is 0. The summed E-state index contributed by atoms with van der Waals surface area (Å²) in [6, 6.07) is 8.50. The molecule has 0 spiro atoms. The summed E-state index contributed by atoms with van der Waals surface area (Å²) in [6.07, 6.45) is 0.00725. The van der Waals surface area contributed by atoms with Gasteiger partial charge in [-0.05, 0) is 29.6 Å². The molecule has 0 amide bonds. The van der Waals surface area contributed by atoms with E-state index in [2.05, 4.69) is 0 Å². The molecule has 0 saturated heterocycles. The van der Waals surface area contributed by atoms with Gasteiger partial charge in [-0.1, -0.05) is 6.07 Å². The molecule has 4 N–H and O–H groups in total. The number of phenolic OH excluding ortho intramolecular Hbond substituents is 3. The van der Waals surface area contributed by atoms with E-state index in [0.717, 1.165) is 17.0 Å². The highest BCUT2D eigenvalue weighted by molar-refractivity contribution is 7.10. The number of rotatable bonds is 2. The first-order valence-corrected chi connectivity index (χ1v) is 10.0. The van der Waals surface area contributed by atoms with Crippen molar-refractivity contribution in [3.05, 3.63) is 62.4 Å². The number of esters is 1. The van der Waals surface area contributed by atoms with Crippen molar-refractivity contribution in [1.29, 1.82) is 0 Å². The van der Waals surface area contributed by atoms with E-state index in [4.69, 9.17) is 9.15 Å². The molecule has 0 fully saturated rings. The molecule has 156 valence electrons. The van der Waals surface area contributed by atoms with Gasteiger partial charge in [-0.2, -0.15) is 0 Å². The van der Waals surface area contributed by atoms with Crippen LogP contribution in [0.4, 0.5) is 0 Å². The molecule has 1 atom stereocenters. The Morgan fingerprint density at radius 1 is 0.968 bits per heavy atom. The normalized spacial score (nSPS) is 15.6. The fraction of sp³-hybridized carbons (Fsp3) is 0.0909. The number of hydrogen-bond acceptors (Lipinski definition) is 9. The third-order valence-corrected chi connectivity index (χ3v) is 6.18. The average Bonchev–Trinajstić information content (AvgIpc) is 3.26. The number of benzene rings is 2. The Bertz CT molecular complexity index is 1420. The molecule has 0 saturated carbocycles. The van der Waals surface area contributed by atoms with Gasteiger partial charge in [0.1, 0.15) is 22.5 Å². The highest BCUT2D eigenvalue weighted by atomic mass is 32.1. The Morgan fingerprint density at radius 3 is 2.48 bits per heavy atom.